The van der Waals surface area contributed by atoms with Crippen LogP contribution in [0.1, 0.15) is 42.4 Å². The van der Waals surface area contributed by atoms with Crippen molar-refractivity contribution in [3.63, 3.8) is 0 Å². The molecular formula is C21H23FN4O2. The highest BCUT2D eigenvalue weighted by Crippen LogP contribution is 2.25. The van der Waals surface area contributed by atoms with Crippen LogP contribution in [-0.2, 0) is 37.3 Å². The quantitative estimate of drug-likeness (QED) is 0.676. The van der Waals surface area contributed by atoms with Gasteiger partial charge >= 0.3 is 0 Å². The molecule has 1 amide bonds. The average molecular weight is 382 g/mol. The Morgan fingerprint density at radius 3 is 2.71 bits per heavy atom. The first-order valence-electron chi connectivity index (χ1n) is 9.57. The number of carbonyl (C=O) groups excluding carboxylic acids is 1. The first-order chi connectivity index (χ1) is 13.5. The molecule has 1 aliphatic heterocycles. The van der Waals surface area contributed by atoms with E-state index in [-0.39, 0.29) is 18.3 Å². The zero-order chi connectivity index (χ0) is 19.8. The molecule has 0 atom stereocenters. The third-order valence-electron chi connectivity index (χ3n) is 5.12. The van der Waals surface area contributed by atoms with E-state index in [4.69, 9.17) is 4.42 Å². The van der Waals surface area contributed by atoms with E-state index in [1.165, 1.54) is 6.07 Å². The van der Waals surface area contributed by atoms with Crippen molar-refractivity contribution in [3.05, 3.63) is 58.7 Å². The Hall–Kier alpha value is -2.96. The highest BCUT2D eigenvalue weighted by Gasteiger charge is 2.29. The summed E-state index contributed by atoms with van der Waals surface area (Å²) in [7, 11) is 0. The van der Waals surface area contributed by atoms with E-state index in [0.717, 1.165) is 47.1 Å². The Morgan fingerprint density at radius 2 is 2.04 bits per heavy atom. The van der Waals surface area contributed by atoms with E-state index in [1.807, 2.05) is 19.9 Å². The molecule has 0 spiro atoms. The van der Waals surface area contributed by atoms with Crippen LogP contribution < -0.4 is 0 Å². The lowest BCUT2D eigenvalue weighted by atomic mass is 10.1. The fourth-order valence-electron chi connectivity index (χ4n) is 3.47. The topological polar surface area (TPSA) is 64.2 Å². The van der Waals surface area contributed by atoms with Gasteiger partial charge in [-0.05, 0) is 43.2 Å². The number of hydrogen-bond acceptors (Lipinski definition) is 4. The van der Waals surface area contributed by atoms with Crippen molar-refractivity contribution in [2.45, 2.75) is 53.2 Å². The number of aryl methyl sites for hydroxylation is 3. The van der Waals surface area contributed by atoms with Gasteiger partial charge in [0.25, 0.3) is 0 Å². The zero-order valence-electron chi connectivity index (χ0n) is 16.3. The van der Waals surface area contributed by atoms with E-state index >= 15 is 0 Å². The first-order valence-corrected chi connectivity index (χ1v) is 9.57. The summed E-state index contributed by atoms with van der Waals surface area (Å²) in [6.07, 6.45) is 1.50. The minimum atomic E-state index is -0.236. The normalized spacial score (nSPS) is 13.2. The van der Waals surface area contributed by atoms with Crippen LogP contribution in [0.25, 0.3) is 11.3 Å². The molecule has 0 aliphatic carbocycles. The number of halogens is 1. The molecule has 3 heterocycles. The first kappa shape index (κ1) is 18.4. The lowest BCUT2D eigenvalue weighted by Crippen LogP contribution is -2.30. The third-order valence-corrected chi connectivity index (χ3v) is 5.12. The van der Waals surface area contributed by atoms with Gasteiger partial charge in [-0.1, -0.05) is 13.8 Å². The molecule has 146 valence electrons. The molecule has 0 radical (unpaired) electrons. The van der Waals surface area contributed by atoms with Crippen molar-refractivity contribution >= 4 is 5.91 Å². The molecule has 4 rings (SSSR count). The summed E-state index contributed by atoms with van der Waals surface area (Å²) in [5.41, 5.74) is 3.98. The molecular weight excluding hydrogens is 359 g/mol. The fraction of sp³-hybridized carbons (Fsp3) is 0.381. The second-order valence-electron chi connectivity index (χ2n) is 7.08. The summed E-state index contributed by atoms with van der Waals surface area (Å²) in [5, 5.41) is 4.61. The minimum absolute atomic E-state index is 0.0223. The summed E-state index contributed by atoms with van der Waals surface area (Å²) in [4.78, 5) is 19.0. The number of hydrogen-bond donors (Lipinski definition) is 0. The molecule has 7 heteroatoms. The Balaban J connectivity index is 1.51. The number of oxazole rings is 1. The Bertz CT molecular complexity index is 1010. The van der Waals surface area contributed by atoms with Gasteiger partial charge in [-0.25, -0.2) is 9.37 Å². The molecule has 0 fully saturated rings. The predicted molar refractivity (Wildman–Crippen MR) is 102 cm³/mol. The summed E-state index contributed by atoms with van der Waals surface area (Å²) in [6, 6.07) is 6.90. The van der Waals surface area contributed by atoms with Crippen molar-refractivity contribution in [2.24, 2.45) is 0 Å². The molecule has 0 bridgehead atoms. The number of rotatable bonds is 5. The van der Waals surface area contributed by atoms with Gasteiger partial charge in [0, 0.05) is 17.7 Å². The van der Waals surface area contributed by atoms with Crippen LogP contribution in [0, 0.1) is 12.7 Å². The number of amides is 1. The summed E-state index contributed by atoms with van der Waals surface area (Å²) >= 11 is 0. The van der Waals surface area contributed by atoms with Crippen molar-refractivity contribution in [1.29, 1.82) is 0 Å². The molecule has 0 saturated heterocycles. The van der Waals surface area contributed by atoms with E-state index in [1.54, 1.807) is 28.6 Å². The lowest BCUT2D eigenvalue weighted by molar-refractivity contribution is -0.132. The molecule has 0 unspecified atom stereocenters. The largest absolute Gasteiger partial charge is 0.443 e. The minimum Gasteiger partial charge on any atom is -0.443 e. The maximum absolute atomic E-state index is 13.6. The Kier molecular flexibility index (Phi) is 4.75. The molecule has 3 aromatic rings. The van der Waals surface area contributed by atoms with E-state index in [9.17, 15) is 9.18 Å². The van der Waals surface area contributed by atoms with Crippen LogP contribution in [0.4, 0.5) is 4.39 Å². The maximum Gasteiger partial charge on any atom is 0.245 e. The molecule has 6 nitrogen and oxygen atoms in total. The standard InChI is InChI=1S/C21H23FN4O2/c1-4-15-9-17(14-6-7-16(22)13(3)8-14)24-26(15)12-21(27)25-10-18-19(11-25)28-20(5-2)23-18/h6-9H,4-5,10-12H2,1-3H3. The maximum atomic E-state index is 13.6. The summed E-state index contributed by atoms with van der Waals surface area (Å²) in [6.45, 7) is 6.84. The van der Waals surface area contributed by atoms with Crippen molar-refractivity contribution < 1.29 is 13.6 Å². The second kappa shape index (κ2) is 7.22. The van der Waals surface area contributed by atoms with Gasteiger partial charge in [0.05, 0.1) is 18.8 Å². The third kappa shape index (κ3) is 3.32. The highest BCUT2D eigenvalue weighted by molar-refractivity contribution is 5.76. The monoisotopic (exact) mass is 382 g/mol. The van der Waals surface area contributed by atoms with E-state index in [2.05, 4.69) is 10.1 Å². The number of aromatic nitrogens is 3. The van der Waals surface area contributed by atoms with Crippen molar-refractivity contribution in [2.75, 3.05) is 0 Å². The van der Waals surface area contributed by atoms with Gasteiger partial charge in [-0.3, -0.25) is 9.48 Å². The average Bonchev–Trinajstić information content (AvgIpc) is 3.36. The number of carbonyl (C=O) groups is 1. The van der Waals surface area contributed by atoms with Crippen molar-refractivity contribution in [3.8, 4) is 11.3 Å². The van der Waals surface area contributed by atoms with Crippen LogP contribution in [-0.4, -0.2) is 25.6 Å². The highest BCUT2D eigenvalue weighted by atomic mass is 19.1. The van der Waals surface area contributed by atoms with Crippen LogP contribution >= 0.6 is 0 Å². The van der Waals surface area contributed by atoms with E-state index in [0.29, 0.717) is 18.7 Å². The lowest BCUT2D eigenvalue weighted by Gasteiger charge is -2.16. The van der Waals surface area contributed by atoms with Gasteiger partial charge in [-0.15, -0.1) is 0 Å². The van der Waals surface area contributed by atoms with Crippen LogP contribution in [0.5, 0.6) is 0 Å². The van der Waals surface area contributed by atoms with Gasteiger partial charge in [-0.2, -0.15) is 5.10 Å². The van der Waals surface area contributed by atoms with Crippen molar-refractivity contribution in [1.82, 2.24) is 19.7 Å². The fourth-order valence-corrected chi connectivity index (χ4v) is 3.47. The SMILES string of the molecule is CCc1nc2c(o1)CN(C(=O)Cn1nc(-c3ccc(F)c(C)c3)cc1CC)C2. The van der Waals surface area contributed by atoms with E-state index < -0.39 is 0 Å². The smallest absolute Gasteiger partial charge is 0.245 e. The Morgan fingerprint density at radius 1 is 1.21 bits per heavy atom. The predicted octanol–water partition coefficient (Wildman–Crippen LogP) is 3.65. The van der Waals surface area contributed by atoms with Gasteiger partial charge in [0.15, 0.2) is 5.89 Å². The molecule has 0 saturated carbocycles. The van der Waals surface area contributed by atoms with Gasteiger partial charge in [0.1, 0.15) is 23.8 Å². The van der Waals surface area contributed by atoms with Crippen LogP contribution in [0.2, 0.25) is 0 Å². The van der Waals surface area contributed by atoms with Gasteiger partial charge < -0.3 is 9.32 Å². The second-order valence-corrected chi connectivity index (χ2v) is 7.08. The zero-order valence-corrected chi connectivity index (χ0v) is 16.3. The summed E-state index contributed by atoms with van der Waals surface area (Å²) in [5.74, 6) is 1.24. The molecule has 1 aromatic carbocycles. The van der Waals surface area contributed by atoms with Gasteiger partial charge in [0.2, 0.25) is 5.91 Å². The number of nitrogens with zero attached hydrogens (tertiary/aromatic N) is 4. The van der Waals surface area contributed by atoms with Crippen LogP contribution in [0.3, 0.4) is 0 Å². The number of fused-ring (bicyclic) bond motifs is 1. The Labute approximate surface area is 163 Å². The molecule has 0 N–H and O–H groups in total. The molecule has 1 aliphatic rings. The summed E-state index contributed by atoms with van der Waals surface area (Å²) < 4.78 is 21.0. The number of benzene rings is 1. The molecule has 2 aromatic heterocycles. The van der Waals surface area contributed by atoms with Crippen LogP contribution in [0.15, 0.2) is 28.7 Å². The molecule has 28 heavy (non-hydrogen) atoms.